The zero-order valence-corrected chi connectivity index (χ0v) is 13.0. The highest BCUT2D eigenvalue weighted by Gasteiger charge is 2.18. The number of nitrogens with one attached hydrogen (secondary N) is 1. The number of aryl methyl sites for hydroxylation is 1. The van der Waals surface area contributed by atoms with Gasteiger partial charge in [0.25, 0.3) is 5.91 Å². The number of amides is 1. The van der Waals surface area contributed by atoms with Gasteiger partial charge in [0.2, 0.25) is 0 Å². The molecule has 0 bridgehead atoms. The number of hydrogen-bond donors (Lipinski definition) is 1. The van der Waals surface area contributed by atoms with Crippen molar-refractivity contribution >= 4 is 17.5 Å². The molecule has 2 aromatic rings. The zero-order valence-electron chi connectivity index (χ0n) is 12.3. The first-order valence-corrected chi connectivity index (χ1v) is 7.10. The maximum Gasteiger partial charge on any atom is 0.255 e. The highest BCUT2D eigenvalue weighted by molar-refractivity contribution is 6.31. The Hall–Kier alpha value is -2.01. The van der Waals surface area contributed by atoms with E-state index in [9.17, 15) is 4.79 Å². The molecule has 21 heavy (non-hydrogen) atoms. The Labute approximate surface area is 128 Å². The summed E-state index contributed by atoms with van der Waals surface area (Å²) < 4.78 is 7.05. The van der Waals surface area contributed by atoms with Gasteiger partial charge in [0.1, 0.15) is 5.75 Å². The van der Waals surface area contributed by atoms with E-state index < -0.39 is 0 Å². The predicted octanol–water partition coefficient (Wildman–Crippen LogP) is 3.06. The average molecular weight is 308 g/mol. The van der Waals surface area contributed by atoms with Gasteiger partial charge in [-0.1, -0.05) is 11.6 Å². The van der Waals surface area contributed by atoms with Crippen molar-refractivity contribution in [3.8, 4) is 5.75 Å². The number of carbonyl (C=O) groups excluding carboxylic acids is 1. The maximum atomic E-state index is 12.4. The van der Waals surface area contributed by atoms with Crippen LogP contribution in [0.3, 0.4) is 0 Å². The van der Waals surface area contributed by atoms with E-state index >= 15 is 0 Å². The van der Waals surface area contributed by atoms with Gasteiger partial charge in [0.15, 0.2) is 0 Å². The normalized spacial score (nSPS) is 12.0. The molecule has 1 unspecified atom stereocenters. The molecule has 0 saturated heterocycles. The van der Waals surface area contributed by atoms with Crippen LogP contribution in [0.25, 0.3) is 0 Å². The third kappa shape index (κ3) is 3.36. The quantitative estimate of drug-likeness (QED) is 0.923. The molecule has 1 N–H and O–H groups in total. The molecule has 0 saturated carbocycles. The standard InChI is InChI=1S/C15H18ClN3O2/c1-4-19-13(7-8-17-19)10(2)18-15(20)12-9-11(16)5-6-14(12)21-3/h5-10H,4H2,1-3H3,(H,18,20). The van der Waals surface area contributed by atoms with E-state index in [0.717, 1.165) is 12.2 Å². The van der Waals surface area contributed by atoms with E-state index in [1.807, 2.05) is 24.6 Å². The van der Waals surface area contributed by atoms with Crippen molar-refractivity contribution < 1.29 is 9.53 Å². The number of nitrogens with zero attached hydrogens (tertiary/aromatic N) is 2. The predicted molar refractivity (Wildman–Crippen MR) is 81.8 cm³/mol. The Morgan fingerprint density at radius 2 is 2.24 bits per heavy atom. The minimum absolute atomic E-state index is 0.163. The summed E-state index contributed by atoms with van der Waals surface area (Å²) in [6, 6.07) is 6.69. The van der Waals surface area contributed by atoms with Crippen LogP contribution in [0.2, 0.25) is 5.02 Å². The fourth-order valence-electron chi connectivity index (χ4n) is 2.18. The smallest absolute Gasteiger partial charge is 0.255 e. The molecule has 0 aliphatic heterocycles. The zero-order chi connectivity index (χ0) is 15.4. The van der Waals surface area contributed by atoms with Gasteiger partial charge in [-0.25, -0.2) is 0 Å². The minimum Gasteiger partial charge on any atom is -0.496 e. The molecule has 0 radical (unpaired) electrons. The summed E-state index contributed by atoms with van der Waals surface area (Å²) in [6.07, 6.45) is 1.72. The van der Waals surface area contributed by atoms with Gasteiger partial charge in [-0.05, 0) is 38.1 Å². The third-order valence-corrected chi connectivity index (χ3v) is 3.48. The molecule has 0 fully saturated rings. The Morgan fingerprint density at radius 3 is 2.90 bits per heavy atom. The molecule has 1 atom stereocenters. The summed E-state index contributed by atoms with van der Waals surface area (Å²) in [5, 5.41) is 7.63. The number of methoxy groups -OCH3 is 1. The van der Waals surface area contributed by atoms with E-state index in [-0.39, 0.29) is 11.9 Å². The van der Waals surface area contributed by atoms with E-state index in [1.54, 1.807) is 24.4 Å². The first-order valence-electron chi connectivity index (χ1n) is 6.73. The number of halogens is 1. The van der Waals surface area contributed by atoms with Gasteiger partial charge in [0, 0.05) is 17.8 Å². The van der Waals surface area contributed by atoms with E-state index in [0.29, 0.717) is 16.3 Å². The van der Waals surface area contributed by atoms with Crippen LogP contribution in [-0.2, 0) is 6.54 Å². The topological polar surface area (TPSA) is 56.2 Å². The largest absolute Gasteiger partial charge is 0.496 e. The second kappa shape index (κ2) is 6.63. The highest BCUT2D eigenvalue weighted by Crippen LogP contribution is 2.23. The molecule has 1 heterocycles. The molecule has 5 nitrogen and oxygen atoms in total. The van der Waals surface area contributed by atoms with Crippen molar-refractivity contribution in [2.24, 2.45) is 0 Å². The summed E-state index contributed by atoms with van der Waals surface area (Å²) >= 11 is 5.95. The van der Waals surface area contributed by atoms with Crippen molar-refractivity contribution in [1.29, 1.82) is 0 Å². The molecular weight excluding hydrogens is 290 g/mol. The van der Waals surface area contributed by atoms with Crippen LogP contribution in [0.5, 0.6) is 5.75 Å². The summed E-state index contributed by atoms with van der Waals surface area (Å²) in [5.41, 5.74) is 1.37. The summed E-state index contributed by atoms with van der Waals surface area (Å²) in [6.45, 7) is 4.67. The molecule has 0 aliphatic carbocycles. The number of hydrogen-bond acceptors (Lipinski definition) is 3. The monoisotopic (exact) mass is 307 g/mol. The summed E-state index contributed by atoms with van der Waals surface area (Å²) in [4.78, 5) is 12.4. The van der Waals surface area contributed by atoms with Gasteiger partial charge in [-0.3, -0.25) is 9.48 Å². The Bertz CT molecular complexity index is 640. The van der Waals surface area contributed by atoms with Crippen molar-refractivity contribution in [3.05, 3.63) is 46.7 Å². The van der Waals surface area contributed by atoms with Gasteiger partial charge in [-0.15, -0.1) is 0 Å². The van der Waals surface area contributed by atoms with Crippen LogP contribution >= 0.6 is 11.6 Å². The Balaban J connectivity index is 2.20. The van der Waals surface area contributed by atoms with Crippen molar-refractivity contribution in [3.63, 3.8) is 0 Å². The van der Waals surface area contributed by atoms with Gasteiger partial charge in [0.05, 0.1) is 24.4 Å². The molecular formula is C15H18ClN3O2. The van der Waals surface area contributed by atoms with Crippen LogP contribution in [0, 0.1) is 0 Å². The van der Waals surface area contributed by atoms with Crippen LogP contribution in [0.4, 0.5) is 0 Å². The van der Waals surface area contributed by atoms with Crippen molar-refractivity contribution in [2.75, 3.05) is 7.11 Å². The second-order valence-corrected chi connectivity index (χ2v) is 5.05. The lowest BCUT2D eigenvalue weighted by Crippen LogP contribution is -2.28. The number of ether oxygens (including phenoxy) is 1. The van der Waals surface area contributed by atoms with Crippen LogP contribution in [0.15, 0.2) is 30.5 Å². The highest BCUT2D eigenvalue weighted by atomic mass is 35.5. The van der Waals surface area contributed by atoms with E-state index in [4.69, 9.17) is 16.3 Å². The van der Waals surface area contributed by atoms with Crippen LogP contribution in [-0.4, -0.2) is 22.8 Å². The van der Waals surface area contributed by atoms with Crippen LogP contribution < -0.4 is 10.1 Å². The van der Waals surface area contributed by atoms with E-state index in [1.165, 1.54) is 7.11 Å². The summed E-state index contributed by atoms with van der Waals surface area (Å²) in [5.74, 6) is 0.263. The lowest BCUT2D eigenvalue weighted by molar-refractivity contribution is 0.0935. The molecule has 1 amide bonds. The Morgan fingerprint density at radius 1 is 1.48 bits per heavy atom. The lowest BCUT2D eigenvalue weighted by atomic mass is 10.1. The minimum atomic E-state index is -0.231. The molecule has 6 heteroatoms. The molecule has 2 rings (SSSR count). The van der Waals surface area contributed by atoms with Gasteiger partial charge >= 0.3 is 0 Å². The lowest BCUT2D eigenvalue weighted by Gasteiger charge is -2.16. The maximum absolute atomic E-state index is 12.4. The molecule has 0 spiro atoms. The van der Waals surface area contributed by atoms with Crippen LogP contribution in [0.1, 0.15) is 35.9 Å². The molecule has 0 aliphatic rings. The third-order valence-electron chi connectivity index (χ3n) is 3.25. The van der Waals surface area contributed by atoms with Crippen molar-refractivity contribution in [1.82, 2.24) is 15.1 Å². The molecule has 1 aromatic heterocycles. The number of rotatable bonds is 5. The second-order valence-electron chi connectivity index (χ2n) is 4.61. The van der Waals surface area contributed by atoms with Gasteiger partial charge < -0.3 is 10.1 Å². The average Bonchev–Trinajstić information content (AvgIpc) is 2.95. The molecule has 112 valence electrons. The molecule has 1 aromatic carbocycles. The summed E-state index contributed by atoms with van der Waals surface area (Å²) in [7, 11) is 1.52. The first-order chi connectivity index (χ1) is 10.1. The fourth-order valence-corrected chi connectivity index (χ4v) is 2.35. The number of benzene rings is 1. The number of aromatic nitrogens is 2. The SMILES string of the molecule is CCn1nccc1C(C)NC(=O)c1cc(Cl)ccc1OC. The van der Waals surface area contributed by atoms with E-state index in [2.05, 4.69) is 10.4 Å². The Kier molecular flexibility index (Phi) is 4.85. The fraction of sp³-hybridized carbons (Fsp3) is 0.333. The van der Waals surface area contributed by atoms with Gasteiger partial charge in [-0.2, -0.15) is 5.10 Å². The van der Waals surface area contributed by atoms with Crippen molar-refractivity contribution in [2.45, 2.75) is 26.4 Å². The first kappa shape index (κ1) is 15.4. The number of carbonyl (C=O) groups is 1.